The maximum Gasteiger partial charge on any atom is 0.0493 e. The van der Waals surface area contributed by atoms with Crippen molar-refractivity contribution >= 4 is 0 Å². The molecule has 0 bridgehead atoms. The molecule has 4 fully saturated rings. The number of fused-ring (bicyclic) bond motifs is 5. The second kappa shape index (κ2) is 8.33. The van der Waals surface area contributed by atoms with Crippen LogP contribution in [0.15, 0.2) is 12.2 Å². The van der Waals surface area contributed by atoms with Gasteiger partial charge in [-0.15, -0.1) is 0 Å². The minimum Gasteiger partial charge on any atom is -0.396 e. The van der Waals surface area contributed by atoms with Crippen molar-refractivity contribution in [1.82, 2.24) is 0 Å². The van der Waals surface area contributed by atoms with E-state index in [-0.39, 0.29) is 12.5 Å². The Morgan fingerprint density at radius 2 is 1.69 bits per heavy atom. The molecule has 4 aliphatic rings. The standard InChI is InChI=1S/C28H48O/c1-19(21(3)18-29)9-10-20(2)24-13-14-25-23-12-11-22-8-6-7-16-27(22,4)26(23)15-17-28(24,25)5/h20-26,29H,1,6-18H2,2-5H3/t20-,21?,22?,23+,24-,25+,26+,27+,28-/m1/s1. The number of aliphatic hydroxyl groups is 1. The van der Waals surface area contributed by atoms with E-state index in [2.05, 4.69) is 34.3 Å². The molecule has 29 heavy (non-hydrogen) atoms. The van der Waals surface area contributed by atoms with Crippen LogP contribution in [-0.4, -0.2) is 11.7 Å². The predicted octanol–water partition coefficient (Wildman–Crippen LogP) is 7.64. The van der Waals surface area contributed by atoms with Gasteiger partial charge in [0.1, 0.15) is 0 Å². The Kier molecular flexibility index (Phi) is 6.29. The van der Waals surface area contributed by atoms with Crippen LogP contribution in [0.25, 0.3) is 0 Å². The summed E-state index contributed by atoms with van der Waals surface area (Å²) in [5, 5.41) is 9.43. The van der Waals surface area contributed by atoms with Gasteiger partial charge >= 0.3 is 0 Å². The van der Waals surface area contributed by atoms with E-state index in [1.54, 1.807) is 0 Å². The summed E-state index contributed by atoms with van der Waals surface area (Å²) in [7, 11) is 0. The molecule has 0 aromatic heterocycles. The number of rotatable bonds is 6. The van der Waals surface area contributed by atoms with E-state index in [1.165, 1.54) is 76.2 Å². The smallest absolute Gasteiger partial charge is 0.0493 e. The second-order valence-corrected chi connectivity index (χ2v) is 12.4. The van der Waals surface area contributed by atoms with Crippen LogP contribution in [0.2, 0.25) is 0 Å². The van der Waals surface area contributed by atoms with Crippen LogP contribution in [0.4, 0.5) is 0 Å². The topological polar surface area (TPSA) is 20.2 Å². The van der Waals surface area contributed by atoms with Gasteiger partial charge in [0, 0.05) is 6.61 Å². The zero-order valence-electron chi connectivity index (χ0n) is 19.9. The lowest BCUT2D eigenvalue weighted by atomic mass is 9.44. The average molecular weight is 401 g/mol. The summed E-state index contributed by atoms with van der Waals surface area (Å²) in [6.45, 7) is 14.6. The summed E-state index contributed by atoms with van der Waals surface area (Å²) in [5.74, 6) is 6.04. The van der Waals surface area contributed by atoms with Crippen molar-refractivity contribution in [1.29, 1.82) is 0 Å². The summed E-state index contributed by atoms with van der Waals surface area (Å²) in [4.78, 5) is 0. The van der Waals surface area contributed by atoms with Gasteiger partial charge in [-0.25, -0.2) is 0 Å². The van der Waals surface area contributed by atoms with Gasteiger partial charge in [-0.2, -0.15) is 0 Å². The van der Waals surface area contributed by atoms with Gasteiger partial charge in [0.05, 0.1) is 0 Å². The van der Waals surface area contributed by atoms with Gasteiger partial charge in [0.2, 0.25) is 0 Å². The number of hydrogen-bond acceptors (Lipinski definition) is 1. The lowest BCUT2D eigenvalue weighted by molar-refractivity contribution is -0.114. The fourth-order valence-electron chi connectivity index (χ4n) is 9.26. The van der Waals surface area contributed by atoms with Gasteiger partial charge < -0.3 is 5.11 Å². The molecule has 0 aromatic carbocycles. The predicted molar refractivity (Wildman–Crippen MR) is 124 cm³/mol. The summed E-state index contributed by atoms with van der Waals surface area (Å²) in [6, 6.07) is 0. The first kappa shape index (κ1) is 21.9. The van der Waals surface area contributed by atoms with Gasteiger partial charge in [-0.3, -0.25) is 0 Å². The molecule has 0 heterocycles. The normalized spacial score (nSPS) is 46.3. The summed E-state index contributed by atoms with van der Waals surface area (Å²) in [6.07, 6.45) is 17.5. The third-order valence-electron chi connectivity index (χ3n) is 11.2. The lowest BCUT2D eigenvalue weighted by Gasteiger charge is -2.61. The van der Waals surface area contributed by atoms with Crippen LogP contribution in [0, 0.1) is 52.3 Å². The monoisotopic (exact) mass is 400 g/mol. The minimum atomic E-state index is 0.249. The molecule has 0 radical (unpaired) electrons. The fraction of sp³-hybridized carbons (Fsp3) is 0.929. The molecule has 4 saturated carbocycles. The van der Waals surface area contributed by atoms with Crippen molar-refractivity contribution in [3.63, 3.8) is 0 Å². The zero-order chi connectivity index (χ0) is 20.8. The first-order valence-corrected chi connectivity index (χ1v) is 13.1. The zero-order valence-corrected chi connectivity index (χ0v) is 19.9. The molecule has 166 valence electrons. The van der Waals surface area contributed by atoms with Crippen LogP contribution in [-0.2, 0) is 0 Å². The van der Waals surface area contributed by atoms with E-state index >= 15 is 0 Å². The summed E-state index contributed by atoms with van der Waals surface area (Å²) in [5.41, 5.74) is 2.51. The third-order valence-corrected chi connectivity index (χ3v) is 11.2. The molecule has 1 N–H and O–H groups in total. The highest BCUT2D eigenvalue weighted by molar-refractivity contribution is 5.09. The molecule has 4 aliphatic carbocycles. The first-order valence-electron chi connectivity index (χ1n) is 13.1. The van der Waals surface area contributed by atoms with E-state index in [4.69, 9.17) is 0 Å². The maximum absolute atomic E-state index is 9.43. The van der Waals surface area contributed by atoms with Crippen molar-refractivity contribution in [3.8, 4) is 0 Å². The molecule has 2 unspecified atom stereocenters. The Morgan fingerprint density at radius 3 is 2.45 bits per heavy atom. The molecule has 0 spiro atoms. The Morgan fingerprint density at radius 1 is 0.931 bits per heavy atom. The average Bonchev–Trinajstić information content (AvgIpc) is 3.08. The molecule has 4 rings (SSSR count). The van der Waals surface area contributed by atoms with Crippen LogP contribution in [0.3, 0.4) is 0 Å². The van der Waals surface area contributed by atoms with Crippen molar-refractivity contribution in [2.45, 2.75) is 105 Å². The molecule has 0 aliphatic heterocycles. The molecule has 0 saturated heterocycles. The van der Waals surface area contributed by atoms with Crippen molar-refractivity contribution < 1.29 is 5.11 Å². The fourth-order valence-corrected chi connectivity index (χ4v) is 9.26. The molecular weight excluding hydrogens is 352 g/mol. The molecule has 0 amide bonds. The van der Waals surface area contributed by atoms with Crippen LogP contribution in [0.1, 0.15) is 105 Å². The lowest BCUT2D eigenvalue weighted by Crippen LogP contribution is -2.53. The second-order valence-electron chi connectivity index (χ2n) is 12.4. The summed E-state index contributed by atoms with van der Waals surface area (Å²) >= 11 is 0. The van der Waals surface area contributed by atoms with Gasteiger partial charge in [-0.05, 0) is 116 Å². The SMILES string of the molecule is C=C(CC[C@@H](C)[C@H]1CC[C@H]2[C@@H]3CCC4CCCC[C@]4(C)[C@H]3CC[C@]12C)C(C)CO. The van der Waals surface area contributed by atoms with Crippen LogP contribution in [0.5, 0.6) is 0 Å². The van der Waals surface area contributed by atoms with Crippen molar-refractivity contribution in [2.75, 3.05) is 6.61 Å². The van der Waals surface area contributed by atoms with Gasteiger partial charge in [0.25, 0.3) is 0 Å². The Labute approximate surface area is 181 Å². The Bertz CT molecular complexity index is 595. The van der Waals surface area contributed by atoms with E-state index in [9.17, 15) is 5.11 Å². The summed E-state index contributed by atoms with van der Waals surface area (Å²) < 4.78 is 0. The van der Waals surface area contributed by atoms with Gasteiger partial charge in [0.15, 0.2) is 0 Å². The van der Waals surface area contributed by atoms with E-state index in [0.717, 1.165) is 41.9 Å². The highest BCUT2D eigenvalue weighted by Gasteiger charge is 2.60. The highest BCUT2D eigenvalue weighted by Crippen LogP contribution is 2.68. The Balaban J connectivity index is 1.44. The van der Waals surface area contributed by atoms with E-state index in [1.807, 2.05) is 0 Å². The largest absolute Gasteiger partial charge is 0.396 e. The van der Waals surface area contributed by atoms with Gasteiger partial charge in [-0.1, -0.05) is 52.7 Å². The first-order chi connectivity index (χ1) is 13.8. The van der Waals surface area contributed by atoms with Crippen LogP contribution < -0.4 is 0 Å². The highest BCUT2D eigenvalue weighted by atomic mass is 16.3. The third kappa shape index (κ3) is 3.66. The molecular formula is C28H48O. The van der Waals surface area contributed by atoms with Crippen molar-refractivity contribution in [2.24, 2.45) is 52.3 Å². The number of aliphatic hydroxyl groups excluding tert-OH is 1. The molecule has 9 atom stereocenters. The molecule has 1 nitrogen and oxygen atoms in total. The number of hydrogen-bond donors (Lipinski definition) is 1. The molecule has 0 aromatic rings. The minimum absolute atomic E-state index is 0.249. The van der Waals surface area contributed by atoms with E-state index in [0.29, 0.717) is 10.8 Å². The van der Waals surface area contributed by atoms with Crippen LogP contribution >= 0.6 is 0 Å². The molecule has 1 heteroatoms. The van der Waals surface area contributed by atoms with Crippen molar-refractivity contribution in [3.05, 3.63) is 12.2 Å². The Hall–Kier alpha value is -0.300. The quantitative estimate of drug-likeness (QED) is 0.454. The maximum atomic E-state index is 9.43. The van der Waals surface area contributed by atoms with E-state index < -0.39 is 0 Å².